The van der Waals surface area contributed by atoms with Crippen molar-refractivity contribution in [1.82, 2.24) is 0 Å². The summed E-state index contributed by atoms with van der Waals surface area (Å²) in [5.41, 5.74) is 0. The van der Waals surface area contributed by atoms with Crippen LogP contribution < -0.4 is 0 Å². The first-order chi connectivity index (χ1) is 13.8. The molecule has 0 aliphatic heterocycles. The lowest BCUT2D eigenvalue weighted by Crippen LogP contribution is -2.34. The van der Waals surface area contributed by atoms with Crippen molar-refractivity contribution in [2.24, 2.45) is 35.5 Å². The molecule has 0 spiro atoms. The zero-order valence-electron chi connectivity index (χ0n) is 17.5. The van der Waals surface area contributed by atoms with Gasteiger partial charge in [0.15, 0.2) is 0 Å². The lowest BCUT2D eigenvalue weighted by atomic mass is 9.71. The summed E-state index contributed by atoms with van der Waals surface area (Å²) < 4.78 is 0. The molecule has 2 rings (SSSR count). The minimum atomic E-state index is -1.12. The van der Waals surface area contributed by atoms with Crippen LogP contribution in [0.15, 0.2) is 0 Å². The Balaban J connectivity index is 0.000000300. The van der Waals surface area contributed by atoms with Crippen LogP contribution in [0.5, 0.6) is 0 Å². The molecule has 0 unspecified atom stereocenters. The number of carboxylic acids is 3. The van der Waals surface area contributed by atoms with Gasteiger partial charge in [0.05, 0.1) is 17.8 Å². The van der Waals surface area contributed by atoms with E-state index in [9.17, 15) is 28.8 Å². The van der Waals surface area contributed by atoms with E-state index in [0.717, 1.165) is 0 Å². The van der Waals surface area contributed by atoms with Gasteiger partial charge in [0.25, 0.3) is 0 Å². The van der Waals surface area contributed by atoms with Crippen LogP contribution in [-0.2, 0) is 28.8 Å². The van der Waals surface area contributed by atoms with E-state index >= 15 is 0 Å². The van der Waals surface area contributed by atoms with Gasteiger partial charge in [-0.3, -0.25) is 28.8 Å². The van der Waals surface area contributed by atoms with E-state index < -0.39 is 35.7 Å². The molecule has 2 aliphatic rings. The normalized spacial score (nSPS) is 30.9. The highest BCUT2D eigenvalue weighted by Crippen LogP contribution is 2.35. The molecule has 9 nitrogen and oxygen atoms in total. The van der Waals surface area contributed by atoms with Crippen LogP contribution in [0, 0.1) is 35.5 Å². The van der Waals surface area contributed by atoms with Crippen molar-refractivity contribution in [3.8, 4) is 0 Å². The molecule has 2 saturated carbocycles. The summed E-state index contributed by atoms with van der Waals surface area (Å²) >= 11 is 0. The Morgan fingerprint density at radius 3 is 0.733 bits per heavy atom. The molecule has 0 aromatic rings. The Labute approximate surface area is 174 Å². The van der Waals surface area contributed by atoms with Gasteiger partial charge in [-0.2, -0.15) is 0 Å². The highest BCUT2D eigenvalue weighted by Gasteiger charge is 2.39. The predicted octanol–water partition coefficient (Wildman–Crippen LogP) is 2.06. The SMILES string of the molecule is CC(=O)C1CC(C(C)=O)CC(C(C)=O)C1.O=C(O)C1CC(C(=O)O)CC(C(=O)O)C1. The Kier molecular flexibility index (Phi) is 9.32. The first-order valence-corrected chi connectivity index (χ1v) is 10.0. The van der Waals surface area contributed by atoms with Gasteiger partial charge in [-0.15, -0.1) is 0 Å². The first-order valence-electron chi connectivity index (χ1n) is 10.0. The Hall–Kier alpha value is -2.58. The Morgan fingerprint density at radius 1 is 0.433 bits per heavy atom. The van der Waals surface area contributed by atoms with Crippen molar-refractivity contribution in [3.05, 3.63) is 0 Å². The molecule has 0 bridgehead atoms. The number of carboxylic acid groups (broad SMARTS) is 3. The Morgan fingerprint density at radius 2 is 0.600 bits per heavy atom. The van der Waals surface area contributed by atoms with Crippen LogP contribution in [0.1, 0.15) is 59.3 Å². The fraction of sp³-hybridized carbons (Fsp3) is 0.714. The van der Waals surface area contributed by atoms with Crippen LogP contribution in [0.2, 0.25) is 0 Å². The van der Waals surface area contributed by atoms with Gasteiger partial charge in [-0.1, -0.05) is 0 Å². The van der Waals surface area contributed by atoms with E-state index in [1.165, 1.54) is 0 Å². The number of ketones is 3. The topological polar surface area (TPSA) is 163 Å². The minimum absolute atomic E-state index is 0.0223. The molecule has 0 amide bonds. The molecule has 0 aromatic heterocycles. The second-order valence-electron chi connectivity index (χ2n) is 8.44. The molecule has 168 valence electrons. The standard InChI is InChI=1S/C12H18O3.C9H12O6/c1-7(13)10-4-11(8(2)14)6-12(5-10)9(3)15;10-7(11)4-1-5(8(12)13)3-6(2-4)9(14)15/h10-12H,4-6H2,1-3H3;4-6H,1-3H2,(H,10,11)(H,12,13)(H,14,15). The summed E-state index contributed by atoms with van der Waals surface area (Å²) in [5.74, 6) is -5.91. The van der Waals surface area contributed by atoms with E-state index in [0.29, 0.717) is 19.3 Å². The number of carbonyl (C=O) groups is 6. The molecular weight excluding hydrogens is 396 g/mol. The highest BCUT2D eigenvalue weighted by atomic mass is 16.4. The summed E-state index contributed by atoms with van der Waals surface area (Å²) in [7, 11) is 0. The molecule has 0 saturated heterocycles. The van der Waals surface area contributed by atoms with Crippen LogP contribution in [0.3, 0.4) is 0 Å². The third kappa shape index (κ3) is 7.35. The first kappa shape index (κ1) is 25.5. The lowest BCUT2D eigenvalue weighted by molar-refractivity contribution is -0.153. The summed E-state index contributed by atoms with van der Waals surface area (Å²) in [6, 6.07) is 0. The van der Waals surface area contributed by atoms with Crippen molar-refractivity contribution < 1.29 is 44.1 Å². The van der Waals surface area contributed by atoms with Gasteiger partial charge in [0, 0.05) is 17.8 Å². The third-order valence-electron chi connectivity index (χ3n) is 6.19. The maximum Gasteiger partial charge on any atom is 0.306 e. The molecule has 0 aromatic carbocycles. The number of aliphatic carboxylic acids is 3. The van der Waals surface area contributed by atoms with Crippen molar-refractivity contribution in [3.63, 3.8) is 0 Å². The van der Waals surface area contributed by atoms with Gasteiger partial charge in [0.2, 0.25) is 0 Å². The van der Waals surface area contributed by atoms with Crippen LogP contribution >= 0.6 is 0 Å². The summed E-state index contributed by atoms with van der Waals surface area (Å²) in [4.78, 5) is 66.1. The molecule has 9 heteroatoms. The number of hydrogen-bond donors (Lipinski definition) is 3. The summed E-state index contributed by atoms with van der Waals surface area (Å²) in [5, 5.41) is 26.3. The average Bonchev–Trinajstić information content (AvgIpc) is 2.67. The molecule has 0 heterocycles. The number of Topliss-reactive ketones (excluding diaryl/α,β-unsaturated/α-hetero) is 3. The second kappa shape index (κ2) is 11.0. The average molecular weight is 426 g/mol. The third-order valence-corrected chi connectivity index (χ3v) is 6.19. The van der Waals surface area contributed by atoms with Crippen LogP contribution in [0.25, 0.3) is 0 Å². The zero-order chi connectivity index (χ0) is 23.2. The Bertz CT molecular complexity index is 544. The maximum absolute atomic E-state index is 11.3. The fourth-order valence-electron chi connectivity index (χ4n) is 4.24. The van der Waals surface area contributed by atoms with Crippen molar-refractivity contribution in [1.29, 1.82) is 0 Å². The van der Waals surface area contributed by atoms with Crippen molar-refractivity contribution >= 4 is 35.3 Å². The minimum Gasteiger partial charge on any atom is -0.481 e. The largest absolute Gasteiger partial charge is 0.481 e. The molecule has 30 heavy (non-hydrogen) atoms. The molecule has 0 radical (unpaired) electrons. The van der Waals surface area contributed by atoms with E-state index in [1.807, 2.05) is 0 Å². The highest BCUT2D eigenvalue weighted by molar-refractivity contribution is 5.85. The summed E-state index contributed by atoms with van der Waals surface area (Å²) in [6.45, 7) is 4.64. The van der Waals surface area contributed by atoms with E-state index in [4.69, 9.17) is 15.3 Å². The molecule has 2 aliphatic carbocycles. The van der Waals surface area contributed by atoms with Crippen molar-refractivity contribution in [2.75, 3.05) is 0 Å². The predicted molar refractivity (Wildman–Crippen MR) is 104 cm³/mol. The monoisotopic (exact) mass is 426 g/mol. The van der Waals surface area contributed by atoms with E-state index in [-0.39, 0.29) is 54.4 Å². The number of rotatable bonds is 6. The second-order valence-corrected chi connectivity index (χ2v) is 8.44. The van der Waals surface area contributed by atoms with Gasteiger partial charge < -0.3 is 15.3 Å². The van der Waals surface area contributed by atoms with Gasteiger partial charge in [-0.25, -0.2) is 0 Å². The molecule has 0 atom stereocenters. The van der Waals surface area contributed by atoms with Crippen molar-refractivity contribution in [2.45, 2.75) is 59.3 Å². The maximum atomic E-state index is 11.3. The molecule has 2 fully saturated rings. The smallest absolute Gasteiger partial charge is 0.306 e. The van der Waals surface area contributed by atoms with Gasteiger partial charge in [-0.05, 0) is 59.3 Å². The lowest BCUT2D eigenvalue weighted by Gasteiger charge is -2.31. The van der Waals surface area contributed by atoms with E-state index in [2.05, 4.69) is 0 Å². The van der Waals surface area contributed by atoms with E-state index in [1.54, 1.807) is 20.8 Å². The van der Waals surface area contributed by atoms with Crippen LogP contribution in [0.4, 0.5) is 0 Å². The number of hydrogen-bond acceptors (Lipinski definition) is 6. The summed E-state index contributed by atoms with van der Waals surface area (Å²) in [6.07, 6.45) is 1.97. The molecule has 3 N–H and O–H groups in total. The van der Waals surface area contributed by atoms with Gasteiger partial charge in [0.1, 0.15) is 17.3 Å². The quantitative estimate of drug-likeness (QED) is 0.576. The molecular formula is C21H30O9. The van der Waals surface area contributed by atoms with Crippen LogP contribution in [-0.4, -0.2) is 50.6 Å². The number of carbonyl (C=O) groups excluding carboxylic acids is 3. The van der Waals surface area contributed by atoms with Gasteiger partial charge >= 0.3 is 17.9 Å². The fourth-order valence-corrected chi connectivity index (χ4v) is 4.24. The zero-order valence-corrected chi connectivity index (χ0v) is 17.5.